The monoisotopic (exact) mass is 365 g/mol. The van der Waals surface area contributed by atoms with Crippen molar-refractivity contribution in [2.24, 2.45) is 0 Å². The number of aryl methyl sites for hydroxylation is 1. The van der Waals surface area contributed by atoms with Gasteiger partial charge in [0.1, 0.15) is 6.04 Å². The highest BCUT2D eigenvalue weighted by Gasteiger charge is 2.61. The highest BCUT2D eigenvalue weighted by Crippen LogP contribution is 2.48. The first-order valence-electron chi connectivity index (χ1n) is 7.30. The number of sulfonamides is 1. The van der Waals surface area contributed by atoms with E-state index in [-0.39, 0.29) is 4.90 Å². The summed E-state index contributed by atoms with van der Waals surface area (Å²) in [7, 11) is -2.55. The first-order valence-corrected chi connectivity index (χ1v) is 9.11. The van der Waals surface area contributed by atoms with Gasteiger partial charge >= 0.3 is 5.97 Å². The molecule has 3 unspecified atom stereocenters. The number of methoxy groups -OCH3 is 1. The minimum Gasteiger partial charge on any atom is -0.468 e. The molecule has 1 aliphatic heterocycles. The highest BCUT2D eigenvalue weighted by atomic mass is 35.5. The van der Waals surface area contributed by atoms with Gasteiger partial charge in [-0.3, -0.25) is 4.79 Å². The highest BCUT2D eigenvalue weighted by molar-refractivity contribution is 7.89. The minimum absolute atomic E-state index is 0.151. The number of halogens is 1. The van der Waals surface area contributed by atoms with E-state index in [4.69, 9.17) is 16.3 Å². The molecular formula is C17H16ClNO4S. The SMILES string of the molecule is COC(=O)C1C(c2ccc(Cl)cc2)N1S(=O)(=O)c1ccc(C)cc1. The molecule has 1 heterocycles. The third-order valence-corrected chi connectivity index (χ3v) is 6.14. The lowest BCUT2D eigenvalue weighted by atomic mass is 10.1. The number of carbonyl (C=O) groups excluding carboxylic acids is 1. The minimum atomic E-state index is -3.79. The van der Waals surface area contributed by atoms with Crippen molar-refractivity contribution in [2.45, 2.75) is 23.9 Å². The van der Waals surface area contributed by atoms with E-state index in [1.165, 1.54) is 23.5 Å². The normalized spacial score (nSPS) is 22.9. The van der Waals surface area contributed by atoms with Crippen LogP contribution < -0.4 is 0 Å². The molecule has 5 nitrogen and oxygen atoms in total. The molecule has 3 rings (SSSR count). The number of benzene rings is 2. The second-order valence-electron chi connectivity index (χ2n) is 5.61. The van der Waals surface area contributed by atoms with Crippen LogP contribution in [0.5, 0.6) is 0 Å². The molecule has 1 aliphatic rings. The molecule has 1 saturated heterocycles. The van der Waals surface area contributed by atoms with Gasteiger partial charge in [-0.05, 0) is 36.8 Å². The molecule has 2 aromatic carbocycles. The van der Waals surface area contributed by atoms with E-state index in [1.54, 1.807) is 36.4 Å². The Labute approximate surface area is 145 Å². The topological polar surface area (TPSA) is 63.5 Å². The molecule has 0 N–H and O–H groups in total. The van der Waals surface area contributed by atoms with Crippen LogP contribution in [0, 0.1) is 6.92 Å². The fraction of sp³-hybridized carbons (Fsp3) is 0.235. The van der Waals surface area contributed by atoms with E-state index in [0.717, 1.165) is 5.56 Å². The van der Waals surface area contributed by atoms with Gasteiger partial charge in [-0.2, -0.15) is 4.31 Å². The van der Waals surface area contributed by atoms with Crippen molar-refractivity contribution < 1.29 is 17.9 Å². The maximum Gasteiger partial charge on any atom is 0.326 e. The molecule has 0 radical (unpaired) electrons. The molecule has 0 aliphatic carbocycles. The molecule has 2 aromatic rings. The van der Waals surface area contributed by atoms with Crippen molar-refractivity contribution in [3.8, 4) is 0 Å². The van der Waals surface area contributed by atoms with Crippen molar-refractivity contribution in [2.75, 3.05) is 7.11 Å². The zero-order valence-corrected chi connectivity index (χ0v) is 14.7. The Morgan fingerprint density at radius 3 is 2.21 bits per heavy atom. The lowest BCUT2D eigenvalue weighted by Gasteiger charge is -2.07. The van der Waals surface area contributed by atoms with E-state index < -0.39 is 28.1 Å². The van der Waals surface area contributed by atoms with Crippen LogP contribution >= 0.6 is 11.6 Å². The van der Waals surface area contributed by atoms with Gasteiger partial charge in [-0.1, -0.05) is 41.4 Å². The maximum atomic E-state index is 12.9. The molecule has 0 saturated carbocycles. The van der Waals surface area contributed by atoms with Crippen molar-refractivity contribution in [3.05, 3.63) is 64.7 Å². The molecule has 0 spiro atoms. The van der Waals surface area contributed by atoms with E-state index in [1.807, 2.05) is 6.92 Å². The largest absolute Gasteiger partial charge is 0.468 e. The summed E-state index contributed by atoms with van der Waals surface area (Å²) >= 11 is 5.88. The Morgan fingerprint density at radius 2 is 1.67 bits per heavy atom. The predicted octanol–water partition coefficient (Wildman–Crippen LogP) is 2.94. The fourth-order valence-corrected chi connectivity index (χ4v) is 4.52. The Kier molecular flexibility index (Phi) is 4.38. The standard InChI is InChI=1S/C17H16ClNO4S/c1-11-3-9-14(10-4-11)24(21,22)19-15(16(19)17(20)23-2)12-5-7-13(18)8-6-12/h3-10,15-16H,1-2H3. The average Bonchev–Trinajstić information content (AvgIpc) is 3.31. The smallest absolute Gasteiger partial charge is 0.326 e. The van der Waals surface area contributed by atoms with Crippen LogP contribution in [0.1, 0.15) is 17.2 Å². The lowest BCUT2D eigenvalue weighted by molar-refractivity contribution is -0.140. The van der Waals surface area contributed by atoms with Crippen LogP contribution in [0.25, 0.3) is 0 Å². The Morgan fingerprint density at radius 1 is 1.08 bits per heavy atom. The molecule has 0 amide bonds. The summed E-state index contributed by atoms with van der Waals surface area (Å²) in [5.74, 6) is -0.578. The van der Waals surface area contributed by atoms with Crippen LogP contribution in [0.15, 0.2) is 53.4 Å². The molecule has 1 fully saturated rings. The number of hydrogen-bond acceptors (Lipinski definition) is 4. The van der Waals surface area contributed by atoms with Gasteiger partial charge in [0, 0.05) is 5.02 Å². The van der Waals surface area contributed by atoms with Crippen LogP contribution in [0.4, 0.5) is 0 Å². The first-order chi connectivity index (χ1) is 11.4. The lowest BCUT2D eigenvalue weighted by Crippen LogP contribution is -2.20. The van der Waals surface area contributed by atoms with E-state index in [0.29, 0.717) is 10.6 Å². The van der Waals surface area contributed by atoms with Crippen molar-refractivity contribution in [1.82, 2.24) is 4.31 Å². The summed E-state index contributed by atoms with van der Waals surface area (Å²) in [6.45, 7) is 1.88. The Balaban J connectivity index is 1.99. The average molecular weight is 366 g/mol. The van der Waals surface area contributed by atoms with E-state index in [2.05, 4.69) is 0 Å². The number of rotatable bonds is 4. The maximum absolute atomic E-state index is 12.9. The van der Waals surface area contributed by atoms with Gasteiger partial charge in [-0.25, -0.2) is 8.42 Å². The number of hydrogen-bond donors (Lipinski definition) is 0. The molecule has 3 atom stereocenters. The van der Waals surface area contributed by atoms with Crippen molar-refractivity contribution >= 4 is 27.6 Å². The Bertz CT molecular complexity index is 862. The van der Waals surface area contributed by atoms with Crippen LogP contribution in [0.3, 0.4) is 0 Å². The molecule has 0 bridgehead atoms. The molecule has 0 aromatic heterocycles. The Hall–Kier alpha value is -1.89. The van der Waals surface area contributed by atoms with Gasteiger partial charge in [0.2, 0.25) is 10.0 Å². The van der Waals surface area contributed by atoms with Gasteiger partial charge in [0.05, 0.1) is 18.0 Å². The van der Waals surface area contributed by atoms with Crippen LogP contribution in [-0.4, -0.2) is 31.8 Å². The molecular weight excluding hydrogens is 350 g/mol. The van der Waals surface area contributed by atoms with Gasteiger partial charge in [0.15, 0.2) is 0 Å². The van der Waals surface area contributed by atoms with E-state index in [9.17, 15) is 13.2 Å². The van der Waals surface area contributed by atoms with Crippen molar-refractivity contribution in [3.63, 3.8) is 0 Å². The predicted molar refractivity (Wildman–Crippen MR) is 90.2 cm³/mol. The summed E-state index contributed by atoms with van der Waals surface area (Å²) in [6.07, 6.45) is 0. The van der Waals surface area contributed by atoms with Crippen molar-refractivity contribution in [1.29, 1.82) is 0 Å². The van der Waals surface area contributed by atoms with E-state index >= 15 is 0 Å². The van der Waals surface area contributed by atoms with Gasteiger partial charge < -0.3 is 4.74 Å². The molecule has 126 valence electrons. The second kappa shape index (κ2) is 6.20. The van der Waals surface area contributed by atoms with Gasteiger partial charge in [-0.15, -0.1) is 0 Å². The fourth-order valence-electron chi connectivity index (χ4n) is 2.69. The summed E-state index contributed by atoms with van der Waals surface area (Å²) in [6, 6.07) is 11.8. The number of carbonyl (C=O) groups is 1. The number of ether oxygens (including phenoxy) is 1. The number of esters is 1. The second-order valence-corrected chi connectivity index (χ2v) is 7.89. The zero-order valence-electron chi connectivity index (χ0n) is 13.1. The third kappa shape index (κ3) is 2.92. The summed E-state index contributed by atoms with van der Waals surface area (Å²) < 4.78 is 31.7. The first kappa shape index (κ1) is 17.0. The summed E-state index contributed by atoms with van der Waals surface area (Å²) in [5.41, 5.74) is 1.66. The molecule has 7 heteroatoms. The van der Waals surface area contributed by atoms with Crippen LogP contribution in [0.2, 0.25) is 5.02 Å². The molecule has 24 heavy (non-hydrogen) atoms. The van der Waals surface area contributed by atoms with Gasteiger partial charge in [0.25, 0.3) is 0 Å². The zero-order chi connectivity index (χ0) is 17.5. The summed E-state index contributed by atoms with van der Waals surface area (Å²) in [5, 5.41) is 0.543. The quantitative estimate of drug-likeness (QED) is 0.617. The number of nitrogens with zero attached hydrogens (tertiary/aromatic N) is 1. The third-order valence-electron chi connectivity index (χ3n) is 4.01. The summed E-state index contributed by atoms with van der Waals surface area (Å²) in [4.78, 5) is 12.2. The van der Waals surface area contributed by atoms with Crippen LogP contribution in [-0.2, 0) is 19.6 Å².